The molecule has 1 aromatic carbocycles. The molecule has 9 heteroatoms. The predicted molar refractivity (Wildman–Crippen MR) is 101 cm³/mol. The van der Waals surface area contributed by atoms with Crippen LogP contribution >= 0.6 is 0 Å². The third-order valence-corrected chi connectivity index (χ3v) is 4.72. The third-order valence-electron chi connectivity index (χ3n) is 4.72. The second-order valence-corrected chi connectivity index (χ2v) is 6.80. The van der Waals surface area contributed by atoms with E-state index in [-0.39, 0.29) is 30.1 Å². The van der Waals surface area contributed by atoms with Gasteiger partial charge in [-0.1, -0.05) is 6.07 Å². The average Bonchev–Trinajstić information content (AvgIpc) is 2.72. The fraction of sp³-hybridized carbons (Fsp3) is 0.350. The van der Waals surface area contributed by atoms with E-state index >= 15 is 0 Å². The average molecular weight is 406 g/mol. The number of halogens is 3. The fourth-order valence-electron chi connectivity index (χ4n) is 3.17. The van der Waals surface area contributed by atoms with Crippen molar-refractivity contribution in [1.29, 1.82) is 0 Å². The molecule has 1 fully saturated rings. The summed E-state index contributed by atoms with van der Waals surface area (Å²) in [5, 5.41) is 5.57. The summed E-state index contributed by atoms with van der Waals surface area (Å²) < 4.78 is 38.2. The van der Waals surface area contributed by atoms with Crippen LogP contribution in [0.4, 0.5) is 18.9 Å². The number of carbonyl (C=O) groups is 2. The Kier molecular flexibility index (Phi) is 6.36. The van der Waals surface area contributed by atoms with Gasteiger partial charge in [0.15, 0.2) is 0 Å². The van der Waals surface area contributed by atoms with Crippen molar-refractivity contribution in [1.82, 2.24) is 15.2 Å². The van der Waals surface area contributed by atoms with Crippen molar-refractivity contribution in [2.45, 2.75) is 25.1 Å². The number of nitrogens with one attached hydrogen (secondary N) is 2. The van der Waals surface area contributed by atoms with Gasteiger partial charge in [0.1, 0.15) is 0 Å². The molecule has 0 radical (unpaired) electrons. The molecule has 0 atom stereocenters. The van der Waals surface area contributed by atoms with Gasteiger partial charge in [0.2, 0.25) is 5.91 Å². The predicted octanol–water partition coefficient (Wildman–Crippen LogP) is 2.93. The molecule has 29 heavy (non-hydrogen) atoms. The van der Waals surface area contributed by atoms with E-state index in [0.717, 1.165) is 12.1 Å². The van der Waals surface area contributed by atoms with Crippen molar-refractivity contribution < 1.29 is 22.8 Å². The standard InChI is InChI=1S/C20H21F3N4O2/c21-20(22,23)15-2-1-3-17(12-15)25-13-18(28)26-16-6-10-27(11-7-16)19(29)14-4-8-24-9-5-14/h1-5,8-9,12,16,25H,6-7,10-11,13H2,(H,26,28). The summed E-state index contributed by atoms with van der Waals surface area (Å²) in [6.07, 6.45) is -0.0604. The second-order valence-electron chi connectivity index (χ2n) is 6.80. The molecule has 1 saturated heterocycles. The van der Waals surface area contributed by atoms with Crippen LogP contribution < -0.4 is 10.6 Å². The molecule has 0 bridgehead atoms. The first-order valence-electron chi connectivity index (χ1n) is 9.23. The number of carbonyl (C=O) groups excluding carboxylic acids is 2. The Hall–Kier alpha value is -3.10. The van der Waals surface area contributed by atoms with E-state index in [1.807, 2.05) is 0 Å². The number of piperidine rings is 1. The van der Waals surface area contributed by atoms with Crippen LogP contribution in [0.2, 0.25) is 0 Å². The van der Waals surface area contributed by atoms with Gasteiger partial charge in [-0.05, 0) is 43.2 Å². The number of pyridine rings is 1. The summed E-state index contributed by atoms with van der Waals surface area (Å²) in [6, 6.07) is 7.96. The Bertz CT molecular complexity index is 850. The summed E-state index contributed by atoms with van der Waals surface area (Å²) in [4.78, 5) is 30.2. The summed E-state index contributed by atoms with van der Waals surface area (Å²) in [5.41, 5.74) is 0.0367. The summed E-state index contributed by atoms with van der Waals surface area (Å²) in [6.45, 7) is 0.914. The van der Waals surface area contributed by atoms with Gasteiger partial charge >= 0.3 is 6.18 Å². The van der Waals surface area contributed by atoms with Crippen LogP contribution in [-0.4, -0.2) is 47.4 Å². The van der Waals surface area contributed by atoms with E-state index in [2.05, 4.69) is 15.6 Å². The topological polar surface area (TPSA) is 74.3 Å². The zero-order valence-corrected chi connectivity index (χ0v) is 15.6. The lowest BCUT2D eigenvalue weighted by atomic mass is 10.0. The van der Waals surface area contributed by atoms with Gasteiger partial charge in [-0.3, -0.25) is 14.6 Å². The Labute approximate surface area is 166 Å². The van der Waals surface area contributed by atoms with E-state index in [1.54, 1.807) is 29.4 Å². The number of alkyl halides is 3. The minimum atomic E-state index is -4.43. The summed E-state index contributed by atoms with van der Waals surface area (Å²) in [5.74, 6) is -0.371. The number of hydrogen-bond acceptors (Lipinski definition) is 4. The monoisotopic (exact) mass is 406 g/mol. The largest absolute Gasteiger partial charge is 0.416 e. The zero-order chi connectivity index (χ0) is 20.9. The Morgan fingerprint density at radius 1 is 1.10 bits per heavy atom. The first-order valence-corrected chi connectivity index (χ1v) is 9.23. The van der Waals surface area contributed by atoms with E-state index in [9.17, 15) is 22.8 Å². The van der Waals surface area contributed by atoms with Crippen LogP contribution in [0.25, 0.3) is 0 Å². The number of anilines is 1. The van der Waals surface area contributed by atoms with Crippen molar-refractivity contribution in [2.24, 2.45) is 0 Å². The van der Waals surface area contributed by atoms with E-state index in [4.69, 9.17) is 0 Å². The highest BCUT2D eigenvalue weighted by atomic mass is 19.4. The zero-order valence-electron chi connectivity index (χ0n) is 15.6. The molecule has 0 unspecified atom stereocenters. The van der Waals surface area contributed by atoms with E-state index in [1.165, 1.54) is 12.1 Å². The molecule has 154 valence electrons. The lowest BCUT2D eigenvalue weighted by Gasteiger charge is -2.32. The number of rotatable bonds is 5. The highest BCUT2D eigenvalue weighted by molar-refractivity contribution is 5.94. The quantitative estimate of drug-likeness (QED) is 0.801. The molecular formula is C20H21F3N4O2. The van der Waals surface area contributed by atoms with Crippen LogP contribution in [0, 0.1) is 0 Å². The van der Waals surface area contributed by atoms with Crippen LogP contribution in [-0.2, 0) is 11.0 Å². The van der Waals surface area contributed by atoms with Gasteiger partial charge < -0.3 is 15.5 Å². The maximum atomic E-state index is 12.7. The Morgan fingerprint density at radius 3 is 2.45 bits per heavy atom. The number of benzene rings is 1. The van der Waals surface area contributed by atoms with Crippen molar-refractivity contribution in [2.75, 3.05) is 25.0 Å². The number of hydrogen-bond donors (Lipinski definition) is 2. The van der Waals surface area contributed by atoms with Crippen molar-refractivity contribution >= 4 is 17.5 Å². The van der Waals surface area contributed by atoms with E-state index < -0.39 is 11.7 Å². The Balaban J connectivity index is 1.44. The van der Waals surface area contributed by atoms with Crippen LogP contribution in [0.1, 0.15) is 28.8 Å². The second kappa shape index (κ2) is 8.93. The van der Waals surface area contributed by atoms with Crippen molar-refractivity contribution in [3.63, 3.8) is 0 Å². The molecule has 1 aliphatic heterocycles. The molecular weight excluding hydrogens is 385 g/mol. The van der Waals surface area contributed by atoms with Crippen LogP contribution in [0.15, 0.2) is 48.8 Å². The molecule has 3 rings (SSSR count). The number of aromatic nitrogens is 1. The molecule has 0 spiro atoms. The number of amides is 2. The first-order chi connectivity index (χ1) is 13.8. The maximum absolute atomic E-state index is 12.7. The van der Waals surface area contributed by atoms with Gasteiger partial charge in [-0.2, -0.15) is 13.2 Å². The molecule has 0 saturated carbocycles. The van der Waals surface area contributed by atoms with Gasteiger partial charge in [0.25, 0.3) is 5.91 Å². The van der Waals surface area contributed by atoms with Crippen molar-refractivity contribution in [3.05, 3.63) is 59.9 Å². The highest BCUT2D eigenvalue weighted by Gasteiger charge is 2.30. The molecule has 2 heterocycles. The lowest BCUT2D eigenvalue weighted by Crippen LogP contribution is -2.47. The summed E-state index contributed by atoms with van der Waals surface area (Å²) in [7, 11) is 0. The first kappa shape index (κ1) is 20.6. The van der Waals surface area contributed by atoms with Gasteiger partial charge in [0, 0.05) is 42.8 Å². The molecule has 2 N–H and O–H groups in total. The van der Waals surface area contributed by atoms with Crippen LogP contribution in [0.5, 0.6) is 0 Å². The van der Waals surface area contributed by atoms with Gasteiger partial charge in [0.05, 0.1) is 12.1 Å². The van der Waals surface area contributed by atoms with Crippen molar-refractivity contribution in [3.8, 4) is 0 Å². The summed E-state index contributed by atoms with van der Waals surface area (Å²) >= 11 is 0. The molecule has 0 aliphatic carbocycles. The fourth-order valence-corrected chi connectivity index (χ4v) is 3.17. The Morgan fingerprint density at radius 2 is 1.79 bits per heavy atom. The molecule has 2 amide bonds. The molecule has 1 aromatic heterocycles. The lowest BCUT2D eigenvalue weighted by molar-refractivity contribution is -0.137. The SMILES string of the molecule is O=C(CNc1cccc(C(F)(F)F)c1)NC1CCN(C(=O)c2ccncc2)CC1. The molecule has 2 aromatic rings. The molecule has 1 aliphatic rings. The minimum absolute atomic E-state index is 0.0663. The van der Waals surface area contributed by atoms with Crippen LogP contribution in [0.3, 0.4) is 0 Å². The normalized spacial score (nSPS) is 15.1. The minimum Gasteiger partial charge on any atom is -0.376 e. The molecule has 6 nitrogen and oxygen atoms in total. The smallest absolute Gasteiger partial charge is 0.376 e. The van der Waals surface area contributed by atoms with Gasteiger partial charge in [-0.25, -0.2) is 0 Å². The van der Waals surface area contributed by atoms with Gasteiger partial charge in [-0.15, -0.1) is 0 Å². The number of nitrogens with zero attached hydrogens (tertiary/aromatic N) is 2. The van der Waals surface area contributed by atoms with E-state index in [0.29, 0.717) is 31.5 Å². The highest BCUT2D eigenvalue weighted by Crippen LogP contribution is 2.30. The maximum Gasteiger partial charge on any atom is 0.416 e. The number of likely N-dealkylation sites (tertiary alicyclic amines) is 1. The third kappa shape index (κ3) is 5.69.